The second kappa shape index (κ2) is 11.0. The fourth-order valence-corrected chi connectivity index (χ4v) is 5.64. The smallest absolute Gasteiger partial charge is 0.264 e. The van der Waals surface area contributed by atoms with Gasteiger partial charge >= 0.3 is 0 Å². The van der Waals surface area contributed by atoms with Crippen molar-refractivity contribution < 1.29 is 13.2 Å². The Morgan fingerprint density at radius 2 is 1.42 bits per heavy atom. The largest absolute Gasteiger partial charge is 0.344 e. The number of carbonyl (C=O) groups excluding carboxylic acids is 1. The van der Waals surface area contributed by atoms with Crippen molar-refractivity contribution in [3.8, 4) is 0 Å². The summed E-state index contributed by atoms with van der Waals surface area (Å²) < 4.78 is 28.5. The predicted octanol–water partition coefficient (Wildman–Crippen LogP) is 6.06. The summed E-state index contributed by atoms with van der Waals surface area (Å²) in [7, 11) is -4.05. The number of amides is 1. The molecule has 0 saturated carbocycles. The van der Waals surface area contributed by atoms with Gasteiger partial charge in [0.15, 0.2) is 0 Å². The van der Waals surface area contributed by atoms with E-state index >= 15 is 0 Å². The molecule has 0 spiro atoms. The zero-order chi connectivity index (χ0) is 25.7. The molecule has 184 valence electrons. The maximum atomic E-state index is 13.7. The third-order valence-corrected chi connectivity index (χ3v) is 7.92. The van der Waals surface area contributed by atoms with Crippen molar-refractivity contribution in [2.75, 3.05) is 10.8 Å². The number of sulfonamides is 1. The summed E-state index contributed by atoms with van der Waals surface area (Å²) in [6, 6.07) is 30.1. The highest BCUT2D eigenvalue weighted by atomic mass is 35.5. The number of hydrogen-bond acceptors (Lipinski definition) is 3. The van der Waals surface area contributed by atoms with Gasteiger partial charge in [-0.15, -0.1) is 0 Å². The number of rotatable bonds is 8. The van der Waals surface area contributed by atoms with Gasteiger partial charge in [-0.2, -0.15) is 0 Å². The maximum Gasteiger partial charge on any atom is 0.264 e. The van der Waals surface area contributed by atoms with E-state index in [1.54, 1.807) is 43.3 Å². The molecule has 36 heavy (non-hydrogen) atoms. The lowest BCUT2D eigenvalue weighted by Crippen LogP contribution is -2.42. The first-order valence-corrected chi connectivity index (χ1v) is 13.3. The molecule has 0 aliphatic carbocycles. The standard InChI is InChI=1S/C29H27ClN2O3S/c1-21-13-16-24(17-14-21)29(23-9-5-3-6-10-23)31-28(33)20-32(27-19-25(30)18-15-22(27)2)36(34,35)26-11-7-4-8-12-26/h3-19,29H,20H2,1-2H3,(H,31,33)/t29-/m0/s1. The van der Waals surface area contributed by atoms with E-state index in [9.17, 15) is 13.2 Å². The molecule has 4 aromatic rings. The van der Waals surface area contributed by atoms with Crippen LogP contribution in [0.3, 0.4) is 0 Å². The molecule has 1 amide bonds. The van der Waals surface area contributed by atoms with E-state index in [0.717, 1.165) is 21.0 Å². The fraction of sp³-hybridized carbons (Fsp3) is 0.138. The van der Waals surface area contributed by atoms with Gasteiger partial charge in [-0.25, -0.2) is 8.42 Å². The van der Waals surface area contributed by atoms with Crippen molar-refractivity contribution in [3.63, 3.8) is 0 Å². The second-order valence-electron chi connectivity index (χ2n) is 8.58. The Morgan fingerprint density at radius 1 is 0.833 bits per heavy atom. The molecule has 0 fully saturated rings. The van der Waals surface area contributed by atoms with Gasteiger partial charge in [0.1, 0.15) is 6.54 Å². The van der Waals surface area contributed by atoms with Crippen LogP contribution in [0.2, 0.25) is 5.02 Å². The molecule has 0 unspecified atom stereocenters. The van der Waals surface area contributed by atoms with Crippen LogP contribution in [-0.4, -0.2) is 20.9 Å². The van der Waals surface area contributed by atoms with Crippen molar-refractivity contribution in [2.24, 2.45) is 0 Å². The molecule has 0 aliphatic rings. The first-order chi connectivity index (χ1) is 17.3. The van der Waals surface area contributed by atoms with Crippen LogP contribution in [0.4, 0.5) is 5.69 Å². The van der Waals surface area contributed by atoms with Crippen LogP contribution in [-0.2, 0) is 14.8 Å². The monoisotopic (exact) mass is 518 g/mol. The number of benzene rings is 4. The van der Waals surface area contributed by atoms with Crippen LogP contribution in [0.25, 0.3) is 0 Å². The summed E-state index contributed by atoms with van der Waals surface area (Å²) in [4.78, 5) is 13.6. The first-order valence-electron chi connectivity index (χ1n) is 11.5. The zero-order valence-electron chi connectivity index (χ0n) is 20.1. The van der Waals surface area contributed by atoms with Crippen LogP contribution in [0.15, 0.2) is 108 Å². The Kier molecular flexibility index (Phi) is 7.77. The van der Waals surface area contributed by atoms with Crippen molar-refractivity contribution >= 4 is 33.2 Å². The van der Waals surface area contributed by atoms with Crippen LogP contribution < -0.4 is 9.62 Å². The Balaban J connectivity index is 1.71. The molecular formula is C29H27ClN2O3S. The van der Waals surface area contributed by atoms with E-state index < -0.39 is 28.5 Å². The molecule has 1 atom stereocenters. The molecule has 0 heterocycles. The predicted molar refractivity (Wildman–Crippen MR) is 145 cm³/mol. The minimum Gasteiger partial charge on any atom is -0.344 e. The van der Waals surface area contributed by atoms with E-state index in [1.165, 1.54) is 12.1 Å². The lowest BCUT2D eigenvalue weighted by atomic mass is 9.98. The maximum absolute atomic E-state index is 13.7. The minimum absolute atomic E-state index is 0.0929. The van der Waals surface area contributed by atoms with E-state index in [4.69, 9.17) is 11.6 Å². The van der Waals surface area contributed by atoms with Gasteiger partial charge in [0.05, 0.1) is 16.6 Å². The quantitative estimate of drug-likeness (QED) is 0.308. The van der Waals surface area contributed by atoms with Gasteiger partial charge in [-0.05, 0) is 54.8 Å². The number of nitrogens with one attached hydrogen (secondary N) is 1. The lowest BCUT2D eigenvalue weighted by molar-refractivity contribution is -0.120. The van der Waals surface area contributed by atoms with E-state index in [0.29, 0.717) is 16.3 Å². The van der Waals surface area contributed by atoms with Crippen LogP contribution in [0, 0.1) is 13.8 Å². The molecule has 1 N–H and O–H groups in total. The topological polar surface area (TPSA) is 66.5 Å². The van der Waals surface area contributed by atoms with Crippen molar-refractivity contribution in [3.05, 3.63) is 130 Å². The van der Waals surface area contributed by atoms with Crippen LogP contribution >= 0.6 is 11.6 Å². The van der Waals surface area contributed by atoms with Crippen molar-refractivity contribution in [2.45, 2.75) is 24.8 Å². The summed E-state index contributed by atoms with van der Waals surface area (Å²) in [5.74, 6) is -0.441. The summed E-state index contributed by atoms with van der Waals surface area (Å²) in [6.45, 7) is 3.38. The number of halogens is 1. The van der Waals surface area contributed by atoms with Gasteiger partial charge in [-0.3, -0.25) is 9.10 Å². The number of hydrogen-bond donors (Lipinski definition) is 1. The lowest BCUT2D eigenvalue weighted by Gasteiger charge is -2.27. The molecule has 0 saturated heterocycles. The van der Waals surface area contributed by atoms with Crippen LogP contribution in [0.1, 0.15) is 28.3 Å². The third-order valence-electron chi connectivity index (χ3n) is 5.91. The molecule has 4 rings (SSSR count). The summed E-state index contributed by atoms with van der Waals surface area (Å²) in [5, 5.41) is 3.43. The highest BCUT2D eigenvalue weighted by Crippen LogP contribution is 2.30. The first kappa shape index (κ1) is 25.5. The summed E-state index contributed by atoms with van der Waals surface area (Å²) >= 11 is 6.23. The Bertz CT molecular complexity index is 1440. The van der Waals surface area contributed by atoms with Gasteiger partial charge in [-0.1, -0.05) is 96.0 Å². The number of nitrogens with zero attached hydrogens (tertiary/aromatic N) is 1. The van der Waals surface area contributed by atoms with Crippen LogP contribution in [0.5, 0.6) is 0 Å². The summed E-state index contributed by atoms with van der Waals surface area (Å²) in [6.07, 6.45) is 0. The molecule has 7 heteroatoms. The number of carbonyl (C=O) groups is 1. The Morgan fingerprint density at radius 3 is 2.06 bits per heavy atom. The van der Waals surface area contributed by atoms with E-state index in [1.807, 2.05) is 61.5 Å². The zero-order valence-corrected chi connectivity index (χ0v) is 21.6. The van der Waals surface area contributed by atoms with Gasteiger partial charge in [0.25, 0.3) is 10.0 Å². The Hall–Kier alpha value is -3.61. The second-order valence-corrected chi connectivity index (χ2v) is 10.9. The fourth-order valence-electron chi connectivity index (χ4n) is 3.97. The average Bonchev–Trinajstić information content (AvgIpc) is 2.89. The summed E-state index contributed by atoms with van der Waals surface area (Å²) in [5.41, 5.74) is 3.94. The van der Waals surface area contributed by atoms with E-state index in [2.05, 4.69) is 5.32 Å². The SMILES string of the molecule is Cc1ccc([C@@H](NC(=O)CN(c2cc(Cl)ccc2C)S(=O)(=O)c2ccccc2)c2ccccc2)cc1. The van der Waals surface area contributed by atoms with E-state index in [-0.39, 0.29) is 4.90 Å². The van der Waals surface area contributed by atoms with Crippen molar-refractivity contribution in [1.29, 1.82) is 0 Å². The highest BCUT2D eigenvalue weighted by Gasteiger charge is 2.29. The molecule has 0 aromatic heterocycles. The minimum atomic E-state index is -4.05. The molecule has 0 radical (unpaired) electrons. The average molecular weight is 519 g/mol. The normalized spacial score (nSPS) is 12.1. The highest BCUT2D eigenvalue weighted by molar-refractivity contribution is 7.92. The molecule has 0 bridgehead atoms. The van der Waals surface area contributed by atoms with Gasteiger partial charge in [0, 0.05) is 5.02 Å². The third kappa shape index (κ3) is 5.78. The molecule has 5 nitrogen and oxygen atoms in total. The molecular weight excluding hydrogens is 492 g/mol. The Labute approximate surface area is 217 Å². The molecule has 0 aliphatic heterocycles. The van der Waals surface area contributed by atoms with Gasteiger partial charge in [0.2, 0.25) is 5.91 Å². The van der Waals surface area contributed by atoms with Crippen molar-refractivity contribution in [1.82, 2.24) is 5.32 Å². The number of anilines is 1. The number of aryl methyl sites for hydroxylation is 2. The van der Waals surface area contributed by atoms with Gasteiger partial charge < -0.3 is 5.32 Å². The molecule has 4 aromatic carbocycles.